The quantitative estimate of drug-likeness (QED) is 0.492. The Balaban J connectivity index is 1.17. The first kappa shape index (κ1) is 24.9. The fourth-order valence-electron chi connectivity index (χ4n) is 5.84. The molecule has 0 bridgehead atoms. The maximum Gasteiger partial charge on any atom is 0.225 e. The van der Waals surface area contributed by atoms with Crippen molar-refractivity contribution in [2.24, 2.45) is 13.0 Å². The predicted molar refractivity (Wildman–Crippen MR) is 141 cm³/mol. The second-order valence-electron chi connectivity index (χ2n) is 10.5. The second kappa shape index (κ2) is 10.4. The predicted octanol–water partition coefficient (Wildman–Crippen LogP) is 2.62. The number of aliphatic hydroxyl groups is 1. The first-order chi connectivity index (χ1) is 18.5. The van der Waals surface area contributed by atoms with Crippen LogP contribution in [0.2, 0.25) is 0 Å². The number of aliphatic hydroxyl groups excluding tert-OH is 1. The molecule has 2 fully saturated rings. The van der Waals surface area contributed by atoms with E-state index in [2.05, 4.69) is 38.4 Å². The number of hydrogen-bond donors (Lipinski definition) is 2. The molecule has 0 radical (unpaired) electrons. The highest BCUT2D eigenvalue weighted by atomic mass is 19.1. The summed E-state index contributed by atoms with van der Waals surface area (Å²) >= 11 is 0. The van der Waals surface area contributed by atoms with E-state index in [-0.39, 0.29) is 29.9 Å². The fraction of sp³-hybridized carbons (Fsp3) is 0.500. The monoisotopic (exact) mass is 523 g/mol. The number of nitrogens with one attached hydrogen (secondary N) is 1. The minimum Gasteiger partial charge on any atom is -0.486 e. The van der Waals surface area contributed by atoms with Gasteiger partial charge in [-0.1, -0.05) is 0 Å². The van der Waals surface area contributed by atoms with Gasteiger partial charge in [-0.15, -0.1) is 0 Å². The third-order valence-corrected chi connectivity index (χ3v) is 7.98. The molecule has 3 atom stereocenters. The first-order valence-electron chi connectivity index (χ1n) is 13.4. The number of anilines is 1. The molecule has 2 N–H and O–H groups in total. The van der Waals surface area contributed by atoms with Gasteiger partial charge in [0.25, 0.3) is 0 Å². The molecular formula is C28H34FN5O4. The van der Waals surface area contributed by atoms with E-state index in [1.807, 2.05) is 17.9 Å². The molecule has 3 unspecified atom stereocenters. The number of likely N-dealkylation sites (tertiary alicyclic amines) is 1. The van der Waals surface area contributed by atoms with E-state index in [0.717, 1.165) is 55.5 Å². The Labute approximate surface area is 221 Å². The number of amides is 1. The summed E-state index contributed by atoms with van der Waals surface area (Å²) in [5.74, 6) is -0.506. The lowest BCUT2D eigenvalue weighted by atomic mass is 9.99. The number of fused-ring (bicyclic) bond motifs is 2. The Kier molecular flexibility index (Phi) is 6.84. The molecule has 2 aromatic carbocycles. The zero-order valence-electron chi connectivity index (χ0n) is 21.6. The lowest BCUT2D eigenvalue weighted by molar-refractivity contribution is -0.126. The Morgan fingerprint density at radius 3 is 2.84 bits per heavy atom. The highest BCUT2D eigenvalue weighted by Gasteiger charge is 2.34. The fourth-order valence-corrected chi connectivity index (χ4v) is 5.84. The van der Waals surface area contributed by atoms with Gasteiger partial charge in [-0.25, -0.2) is 4.39 Å². The van der Waals surface area contributed by atoms with Crippen LogP contribution < -0.4 is 19.7 Å². The van der Waals surface area contributed by atoms with Gasteiger partial charge in [-0.3, -0.25) is 9.48 Å². The van der Waals surface area contributed by atoms with Crippen LogP contribution in [0, 0.1) is 11.7 Å². The normalized spacial score (nSPS) is 21.1. The van der Waals surface area contributed by atoms with Crippen LogP contribution in [-0.2, 0) is 11.8 Å². The van der Waals surface area contributed by atoms with Gasteiger partial charge < -0.3 is 29.7 Å². The summed E-state index contributed by atoms with van der Waals surface area (Å²) < 4.78 is 27.6. The number of carbonyl (C=O) groups excluding carboxylic acids is 1. The van der Waals surface area contributed by atoms with Crippen LogP contribution in [0.15, 0.2) is 36.5 Å². The number of hydrogen-bond acceptors (Lipinski definition) is 7. The molecule has 202 valence electrons. The minimum atomic E-state index is -1.09. The molecule has 3 aromatic rings. The molecule has 0 saturated carbocycles. The number of ether oxygens (including phenoxy) is 2. The van der Waals surface area contributed by atoms with E-state index >= 15 is 0 Å². The van der Waals surface area contributed by atoms with Gasteiger partial charge in [0, 0.05) is 37.8 Å². The van der Waals surface area contributed by atoms with Crippen molar-refractivity contribution < 1.29 is 23.8 Å². The first-order valence-corrected chi connectivity index (χ1v) is 13.4. The van der Waals surface area contributed by atoms with Crippen molar-refractivity contribution in [3.05, 3.63) is 47.9 Å². The third-order valence-electron chi connectivity index (χ3n) is 7.98. The van der Waals surface area contributed by atoms with E-state index in [4.69, 9.17) is 9.47 Å². The van der Waals surface area contributed by atoms with Crippen LogP contribution in [0.25, 0.3) is 10.9 Å². The summed E-state index contributed by atoms with van der Waals surface area (Å²) in [7, 11) is 1.92. The Morgan fingerprint density at radius 1 is 1.18 bits per heavy atom. The zero-order valence-corrected chi connectivity index (χ0v) is 21.6. The number of rotatable bonds is 7. The Bertz CT molecular complexity index is 1320. The maximum absolute atomic E-state index is 14.7. The van der Waals surface area contributed by atoms with E-state index < -0.39 is 18.0 Å². The molecule has 10 heteroatoms. The minimum absolute atomic E-state index is 0.0719. The highest BCUT2D eigenvalue weighted by molar-refractivity contribution is 5.84. The van der Waals surface area contributed by atoms with Gasteiger partial charge in [0.1, 0.15) is 19.3 Å². The van der Waals surface area contributed by atoms with Crippen molar-refractivity contribution >= 4 is 22.5 Å². The molecule has 3 aliphatic heterocycles. The lowest BCUT2D eigenvalue weighted by Gasteiger charge is -2.30. The molecule has 0 spiro atoms. The van der Waals surface area contributed by atoms with Crippen molar-refractivity contribution in [2.45, 2.75) is 31.4 Å². The summed E-state index contributed by atoms with van der Waals surface area (Å²) in [5.41, 5.74) is 2.49. The van der Waals surface area contributed by atoms with Gasteiger partial charge in [-0.2, -0.15) is 5.10 Å². The van der Waals surface area contributed by atoms with Crippen LogP contribution in [-0.4, -0.2) is 77.7 Å². The van der Waals surface area contributed by atoms with Crippen molar-refractivity contribution in [2.75, 3.05) is 50.8 Å². The molecule has 2 saturated heterocycles. The molecule has 1 aromatic heterocycles. The molecule has 1 amide bonds. The second-order valence-corrected chi connectivity index (χ2v) is 10.5. The zero-order chi connectivity index (χ0) is 26.2. The van der Waals surface area contributed by atoms with Crippen LogP contribution >= 0.6 is 0 Å². The van der Waals surface area contributed by atoms with Crippen molar-refractivity contribution in [3.63, 3.8) is 0 Å². The van der Waals surface area contributed by atoms with E-state index in [1.54, 1.807) is 6.07 Å². The third kappa shape index (κ3) is 4.90. The van der Waals surface area contributed by atoms with Crippen LogP contribution in [0.1, 0.15) is 30.9 Å². The van der Waals surface area contributed by atoms with Gasteiger partial charge in [0.2, 0.25) is 5.91 Å². The average Bonchev–Trinajstić information content (AvgIpc) is 3.70. The number of carbonyl (C=O) groups is 1. The molecule has 3 aliphatic rings. The molecular weight excluding hydrogens is 489 g/mol. The number of aromatic nitrogens is 2. The van der Waals surface area contributed by atoms with Crippen molar-refractivity contribution in [1.82, 2.24) is 20.0 Å². The lowest BCUT2D eigenvalue weighted by Crippen LogP contribution is -2.48. The summed E-state index contributed by atoms with van der Waals surface area (Å²) in [4.78, 5) is 17.9. The Morgan fingerprint density at radius 2 is 2.00 bits per heavy atom. The van der Waals surface area contributed by atoms with Gasteiger partial charge in [0.15, 0.2) is 17.3 Å². The number of aryl methyl sites for hydroxylation is 1. The number of halogens is 1. The maximum atomic E-state index is 14.7. The van der Waals surface area contributed by atoms with E-state index in [1.165, 1.54) is 6.07 Å². The molecule has 38 heavy (non-hydrogen) atoms. The SMILES string of the molecule is Cn1ncc2ccc(N3CCC(C(=O)NC(CN4CCCC4)C(O)c4cc(F)c5c(c4)OCCO5)C3)cc21. The summed E-state index contributed by atoms with van der Waals surface area (Å²) in [5, 5.41) is 19.9. The summed E-state index contributed by atoms with van der Waals surface area (Å²) in [6, 6.07) is 8.56. The molecule has 0 aliphatic carbocycles. The van der Waals surface area contributed by atoms with Crippen LogP contribution in [0.4, 0.5) is 10.1 Å². The average molecular weight is 524 g/mol. The van der Waals surface area contributed by atoms with Crippen LogP contribution in [0.5, 0.6) is 11.5 Å². The molecule has 4 heterocycles. The van der Waals surface area contributed by atoms with E-state index in [9.17, 15) is 14.3 Å². The van der Waals surface area contributed by atoms with E-state index in [0.29, 0.717) is 25.3 Å². The Hall–Kier alpha value is -3.37. The summed E-state index contributed by atoms with van der Waals surface area (Å²) in [6.07, 6.45) is 3.66. The summed E-state index contributed by atoms with van der Waals surface area (Å²) in [6.45, 7) is 4.31. The standard InChI is InChI=1S/C28H34FN5O4/c1-32-24-14-21(5-4-18(24)15-30-32)34-9-6-19(16-34)28(36)31-23(17-33-7-2-3-8-33)26(35)20-12-22(29)27-25(13-20)37-10-11-38-27/h4-5,12-15,19,23,26,35H,2-3,6-11,16-17H2,1H3,(H,31,36). The smallest absolute Gasteiger partial charge is 0.225 e. The van der Waals surface area contributed by atoms with Crippen LogP contribution in [0.3, 0.4) is 0 Å². The van der Waals surface area contributed by atoms with Gasteiger partial charge in [0.05, 0.1) is 23.7 Å². The number of benzene rings is 2. The van der Waals surface area contributed by atoms with Crippen molar-refractivity contribution in [3.8, 4) is 11.5 Å². The molecule has 6 rings (SSSR count). The van der Waals surface area contributed by atoms with Crippen molar-refractivity contribution in [1.29, 1.82) is 0 Å². The van der Waals surface area contributed by atoms with Gasteiger partial charge in [-0.05, 0) is 68.2 Å². The number of nitrogens with zero attached hydrogens (tertiary/aromatic N) is 4. The largest absolute Gasteiger partial charge is 0.486 e. The topological polar surface area (TPSA) is 92.1 Å². The van der Waals surface area contributed by atoms with Gasteiger partial charge >= 0.3 is 0 Å². The molecule has 9 nitrogen and oxygen atoms in total. The highest BCUT2D eigenvalue weighted by Crippen LogP contribution is 2.36.